The summed E-state index contributed by atoms with van der Waals surface area (Å²) in [4.78, 5) is 15.6. The highest BCUT2D eigenvalue weighted by Gasteiger charge is 2.11. The number of hydrogen-bond acceptors (Lipinski definition) is 4. The molecule has 0 spiro atoms. The first-order chi connectivity index (χ1) is 9.08. The van der Waals surface area contributed by atoms with Crippen LogP contribution in [0.3, 0.4) is 0 Å². The van der Waals surface area contributed by atoms with E-state index in [2.05, 4.69) is 24.1 Å². The van der Waals surface area contributed by atoms with E-state index in [0.717, 1.165) is 12.8 Å². The van der Waals surface area contributed by atoms with E-state index >= 15 is 0 Å². The molecule has 0 saturated heterocycles. The smallest absolute Gasteiger partial charge is 0.256 e. The summed E-state index contributed by atoms with van der Waals surface area (Å²) in [5.74, 6) is 1.37. The molecule has 0 atom stereocenters. The Hall–Kier alpha value is -1.78. The summed E-state index contributed by atoms with van der Waals surface area (Å²) in [6.45, 7) is 4.94. The van der Waals surface area contributed by atoms with Crippen molar-refractivity contribution in [1.82, 2.24) is 10.3 Å². The monoisotopic (exact) mass is 266 g/mol. The Bertz CT molecular complexity index is 419. The SMILES string of the molecule is CNC(=O)c1cnc(OC)c(OCCCC(C)C)c1. The highest BCUT2D eigenvalue weighted by atomic mass is 16.5. The lowest BCUT2D eigenvalue weighted by molar-refractivity contribution is 0.0962. The minimum absolute atomic E-state index is 0.192. The van der Waals surface area contributed by atoms with Gasteiger partial charge in [0.15, 0.2) is 5.75 Å². The average Bonchev–Trinajstić information content (AvgIpc) is 2.42. The summed E-state index contributed by atoms with van der Waals surface area (Å²) >= 11 is 0. The Kier molecular flexibility index (Phi) is 6.12. The molecular weight excluding hydrogens is 244 g/mol. The molecule has 1 aromatic heterocycles. The molecule has 1 aromatic rings. The van der Waals surface area contributed by atoms with Crippen LogP contribution in [0.15, 0.2) is 12.3 Å². The van der Waals surface area contributed by atoms with Crippen molar-refractivity contribution in [2.45, 2.75) is 26.7 Å². The van der Waals surface area contributed by atoms with Gasteiger partial charge in [0.25, 0.3) is 11.8 Å². The molecule has 0 aliphatic carbocycles. The van der Waals surface area contributed by atoms with Crippen molar-refractivity contribution in [3.8, 4) is 11.6 Å². The summed E-state index contributed by atoms with van der Waals surface area (Å²) in [6, 6.07) is 1.65. The van der Waals surface area contributed by atoms with Gasteiger partial charge in [0, 0.05) is 19.3 Å². The molecule has 19 heavy (non-hydrogen) atoms. The number of nitrogens with zero attached hydrogens (tertiary/aromatic N) is 1. The number of hydrogen-bond donors (Lipinski definition) is 1. The quantitative estimate of drug-likeness (QED) is 0.769. The van der Waals surface area contributed by atoms with Crippen LogP contribution in [0.2, 0.25) is 0 Å². The molecule has 1 amide bonds. The summed E-state index contributed by atoms with van der Waals surface area (Å²) < 4.78 is 10.8. The van der Waals surface area contributed by atoms with E-state index in [9.17, 15) is 4.79 Å². The van der Waals surface area contributed by atoms with Crippen LogP contribution in [0, 0.1) is 5.92 Å². The molecule has 1 N–H and O–H groups in total. The Labute approximate surface area is 114 Å². The van der Waals surface area contributed by atoms with Gasteiger partial charge in [-0.25, -0.2) is 4.98 Å². The van der Waals surface area contributed by atoms with Gasteiger partial charge in [-0.3, -0.25) is 4.79 Å². The minimum Gasteiger partial charge on any atom is -0.488 e. The van der Waals surface area contributed by atoms with Crippen molar-refractivity contribution >= 4 is 5.91 Å². The number of pyridine rings is 1. The van der Waals surface area contributed by atoms with Gasteiger partial charge in [0.1, 0.15) is 0 Å². The zero-order chi connectivity index (χ0) is 14.3. The Morgan fingerprint density at radius 3 is 2.79 bits per heavy atom. The van der Waals surface area contributed by atoms with Crippen molar-refractivity contribution in [1.29, 1.82) is 0 Å². The van der Waals surface area contributed by atoms with Crippen LogP contribution in [-0.4, -0.2) is 31.7 Å². The van der Waals surface area contributed by atoms with Crippen LogP contribution >= 0.6 is 0 Å². The number of aromatic nitrogens is 1. The highest BCUT2D eigenvalue weighted by molar-refractivity contribution is 5.94. The third kappa shape index (κ3) is 4.77. The topological polar surface area (TPSA) is 60.5 Å². The summed E-state index contributed by atoms with van der Waals surface area (Å²) in [5.41, 5.74) is 0.460. The van der Waals surface area contributed by atoms with E-state index < -0.39 is 0 Å². The lowest BCUT2D eigenvalue weighted by Crippen LogP contribution is -2.18. The van der Waals surface area contributed by atoms with E-state index in [1.807, 2.05) is 0 Å². The molecule has 5 nitrogen and oxygen atoms in total. The fraction of sp³-hybridized carbons (Fsp3) is 0.571. The predicted molar refractivity (Wildman–Crippen MR) is 73.7 cm³/mol. The Morgan fingerprint density at radius 2 is 2.21 bits per heavy atom. The number of nitrogens with one attached hydrogen (secondary N) is 1. The minimum atomic E-state index is -0.192. The number of carbonyl (C=O) groups excluding carboxylic acids is 1. The van der Waals surface area contributed by atoms with Gasteiger partial charge in [0.05, 0.1) is 19.3 Å². The summed E-state index contributed by atoms with van der Waals surface area (Å²) in [6.07, 6.45) is 3.54. The predicted octanol–water partition coefficient (Wildman–Crippen LogP) is 2.26. The number of carbonyl (C=O) groups is 1. The molecule has 1 heterocycles. The average molecular weight is 266 g/mol. The second kappa shape index (κ2) is 7.61. The van der Waals surface area contributed by atoms with Gasteiger partial charge >= 0.3 is 0 Å². The first kappa shape index (κ1) is 15.3. The van der Waals surface area contributed by atoms with Gasteiger partial charge in [-0.2, -0.15) is 0 Å². The summed E-state index contributed by atoms with van der Waals surface area (Å²) in [5, 5.41) is 2.55. The maximum Gasteiger partial charge on any atom is 0.256 e. The van der Waals surface area contributed by atoms with E-state index in [-0.39, 0.29) is 5.91 Å². The van der Waals surface area contributed by atoms with Crippen LogP contribution in [-0.2, 0) is 0 Å². The number of rotatable bonds is 7. The fourth-order valence-corrected chi connectivity index (χ4v) is 1.63. The maximum atomic E-state index is 11.5. The first-order valence-corrected chi connectivity index (χ1v) is 6.47. The van der Waals surface area contributed by atoms with E-state index in [4.69, 9.17) is 9.47 Å². The summed E-state index contributed by atoms with van der Waals surface area (Å²) in [7, 11) is 3.11. The van der Waals surface area contributed by atoms with Crippen molar-refractivity contribution < 1.29 is 14.3 Å². The molecule has 1 rings (SSSR count). The molecule has 5 heteroatoms. The molecule has 0 saturated carbocycles. The van der Waals surface area contributed by atoms with E-state index in [1.54, 1.807) is 13.1 Å². The third-order valence-corrected chi connectivity index (χ3v) is 2.68. The molecule has 106 valence electrons. The first-order valence-electron chi connectivity index (χ1n) is 6.47. The molecule has 0 bridgehead atoms. The van der Waals surface area contributed by atoms with Crippen LogP contribution in [0.25, 0.3) is 0 Å². The number of methoxy groups -OCH3 is 1. The largest absolute Gasteiger partial charge is 0.488 e. The second-order valence-electron chi connectivity index (χ2n) is 4.70. The third-order valence-electron chi connectivity index (χ3n) is 2.68. The number of amides is 1. The Morgan fingerprint density at radius 1 is 1.47 bits per heavy atom. The molecule has 0 aromatic carbocycles. The zero-order valence-corrected chi connectivity index (χ0v) is 12.0. The van der Waals surface area contributed by atoms with E-state index in [1.165, 1.54) is 13.3 Å². The standard InChI is InChI=1S/C14H22N2O3/c1-10(2)6-5-7-19-12-8-11(13(17)15-3)9-16-14(12)18-4/h8-10H,5-7H2,1-4H3,(H,15,17). The van der Waals surface area contributed by atoms with Gasteiger partial charge in [-0.05, 0) is 18.8 Å². The lowest BCUT2D eigenvalue weighted by Gasteiger charge is -2.11. The number of ether oxygens (including phenoxy) is 2. The van der Waals surface area contributed by atoms with Crippen LogP contribution < -0.4 is 14.8 Å². The van der Waals surface area contributed by atoms with Gasteiger partial charge < -0.3 is 14.8 Å². The molecule has 0 radical (unpaired) electrons. The van der Waals surface area contributed by atoms with Crippen LogP contribution in [0.1, 0.15) is 37.0 Å². The normalized spacial score (nSPS) is 10.4. The highest BCUT2D eigenvalue weighted by Crippen LogP contribution is 2.25. The van der Waals surface area contributed by atoms with E-state index in [0.29, 0.717) is 29.7 Å². The maximum absolute atomic E-state index is 11.5. The zero-order valence-electron chi connectivity index (χ0n) is 12.0. The van der Waals surface area contributed by atoms with Crippen molar-refractivity contribution in [2.24, 2.45) is 5.92 Å². The fourth-order valence-electron chi connectivity index (χ4n) is 1.63. The Balaban J connectivity index is 2.70. The van der Waals surface area contributed by atoms with Gasteiger partial charge in [-0.15, -0.1) is 0 Å². The molecular formula is C14H22N2O3. The van der Waals surface area contributed by atoms with Crippen molar-refractivity contribution in [2.75, 3.05) is 20.8 Å². The second-order valence-corrected chi connectivity index (χ2v) is 4.70. The molecule has 0 unspecified atom stereocenters. The van der Waals surface area contributed by atoms with Gasteiger partial charge in [-0.1, -0.05) is 13.8 Å². The molecule has 0 fully saturated rings. The van der Waals surface area contributed by atoms with Crippen LogP contribution in [0.5, 0.6) is 11.6 Å². The lowest BCUT2D eigenvalue weighted by atomic mass is 10.1. The van der Waals surface area contributed by atoms with Crippen LogP contribution in [0.4, 0.5) is 0 Å². The van der Waals surface area contributed by atoms with Crippen molar-refractivity contribution in [3.63, 3.8) is 0 Å². The van der Waals surface area contributed by atoms with Crippen molar-refractivity contribution in [3.05, 3.63) is 17.8 Å². The molecule has 0 aliphatic rings. The van der Waals surface area contributed by atoms with Gasteiger partial charge in [0.2, 0.25) is 0 Å². The molecule has 0 aliphatic heterocycles.